The highest BCUT2D eigenvalue weighted by Crippen LogP contribution is 2.30. The number of nitrogens with one attached hydrogen (secondary N) is 1. The number of rotatable bonds is 3. The van der Waals surface area contributed by atoms with Crippen molar-refractivity contribution < 1.29 is 4.79 Å². The lowest BCUT2D eigenvalue weighted by Crippen LogP contribution is -2.19. The summed E-state index contributed by atoms with van der Waals surface area (Å²) in [6.45, 7) is 0. The molecule has 1 aliphatic carbocycles. The van der Waals surface area contributed by atoms with Crippen molar-refractivity contribution in [3.63, 3.8) is 0 Å². The van der Waals surface area contributed by atoms with Gasteiger partial charge >= 0.3 is 0 Å². The second-order valence-electron chi connectivity index (χ2n) is 6.02. The lowest BCUT2D eigenvalue weighted by atomic mass is 9.92. The van der Waals surface area contributed by atoms with E-state index in [-0.39, 0.29) is 5.91 Å². The molecule has 3 rings (SSSR count). The highest BCUT2D eigenvalue weighted by molar-refractivity contribution is 5.95. The van der Waals surface area contributed by atoms with E-state index in [1.165, 1.54) is 12.0 Å². The van der Waals surface area contributed by atoms with Crippen LogP contribution in [0.15, 0.2) is 65.8 Å². The molecule has 0 spiro atoms. The van der Waals surface area contributed by atoms with Crippen LogP contribution in [0.1, 0.15) is 53.9 Å². The van der Waals surface area contributed by atoms with Crippen molar-refractivity contribution >= 4 is 11.6 Å². The molecular formula is C20H22N2O. The van der Waals surface area contributed by atoms with Crippen molar-refractivity contribution in [3.8, 4) is 0 Å². The van der Waals surface area contributed by atoms with Gasteiger partial charge < -0.3 is 0 Å². The van der Waals surface area contributed by atoms with E-state index >= 15 is 0 Å². The van der Waals surface area contributed by atoms with Crippen LogP contribution in [-0.4, -0.2) is 11.6 Å². The van der Waals surface area contributed by atoms with Gasteiger partial charge in [-0.15, -0.1) is 0 Å². The lowest BCUT2D eigenvalue weighted by molar-refractivity contribution is 0.0954. The molecule has 1 atom stereocenters. The minimum Gasteiger partial charge on any atom is -0.267 e. The van der Waals surface area contributed by atoms with E-state index in [0.717, 1.165) is 31.4 Å². The van der Waals surface area contributed by atoms with Crippen LogP contribution < -0.4 is 5.43 Å². The molecular weight excluding hydrogens is 284 g/mol. The van der Waals surface area contributed by atoms with Gasteiger partial charge in [0, 0.05) is 11.3 Å². The summed E-state index contributed by atoms with van der Waals surface area (Å²) in [5.41, 5.74) is 5.87. The molecule has 0 aromatic heterocycles. The predicted octanol–water partition coefficient (Wildman–Crippen LogP) is 4.52. The molecule has 0 radical (unpaired) electrons. The molecule has 2 aromatic carbocycles. The monoisotopic (exact) mass is 306 g/mol. The molecule has 1 unspecified atom stereocenters. The van der Waals surface area contributed by atoms with Crippen molar-refractivity contribution in [2.24, 2.45) is 5.10 Å². The maximum absolute atomic E-state index is 12.0. The van der Waals surface area contributed by atoms with Crippen LogP contribution in [0.2, 0.25) is 0 Å². The SMILES string of the molecule is O=C(N/N=C1/CCCC(c2ccccc2)CC1)c1ccccc1. The first-order valence-corrected chi connectivity index (χ1v) is 8.28. The lowest BCUT2D eigenvalue weighted by Gasteiger charge is -2.13. The van der Waals surface area contributed by atoms with Gasteiger partial charge in [0.05, 0.1) is 0 Å². The molecule has 3 heteroatoms. The number of amides is 1. The zero-order valence-corrected chi connectivity index (χ0v) is 13.2. The van der Waals surface area contributed by atoms with Gasteiger partial charge in [0.1, 0.15) is 0 Å². The molecule has 1 aliphatic rings. The Morgan fingerprint density at radius 3 is 2.35 bits per heavy atom. The van der Waals surface area contributed by atoms with Crippen molar-refractivity contribution in [2.75, 3.05) is 0 Å². The van der Waals surface area contributed by atoms with E-state index in [0.29, 0.717) is 11.5 Å². The van der Waals surface area contributed by atoms with Crippen LogP contribution in [0, 0.1) is 0 Å². The van der Waals surface area contributed by atoms with Crippen LogP contribution in [0.4, 0.5) is 0 Å². The molecule has 3 nitrogen and oxygen atoms in total. The Balaban J connectivity index is 1.58. The van der Waals surface area contributed by atoms with Gasteiger partial charge in [-0.25, -0.2) is 5.43 Å². The third-order valence-corrected chi connectivity index (χ3v) is 4.42. The Morgan fingerprint density at radius 1 is 0.913 bits per heavy atom. The number of hydrogen-bond acceptors (Lipinski definition) is 2. The molecule has 0 aliphatic heterocycles. The molecule has 0 heterocycles. The second-order valence-corrected chi connectivity index (χ2v) is 6.02. The first kappa shape index (κ1) is 15.5. The molecule has 118 valence electrons. The summed E-state index contributed by atoms with van der Waals surface area (Å²) in [6, 6.07) is 19.9. The maximum Gasteiger partial charge on any atom is 0.271 e. The van der Waals surface area contributed by atoms with E-state index in [1.807, 2.05) is 18.2 Å². The molecule has 1 saturated carbocycles. The van der Waals surface area contributed by atoms with Crippen LogP contribution in [-0.2, 0) is 0 Å². The third-order valence-electron chi connectivity index (χ3n) is 4.42. The highest BCUT2D eigenvalue weighted by atomic mass is 16.2. The summed E-state index contributed by atoms with van der Waals surface area (Å²) in [4.78, 5) is 12.0. The number of hydrogen-bond donors (Lipinski definition) is 1. The fraction of sp³-hybridized carbons (Fsp3) is 0.300. The number of nitrogens with zero attached hydrogens (tertiary/aromatic N) is 1. The first-order chi connectivity index (χ1) is 11.3. The fourth-order valence-corrected chi connectivity index (χ4v) is 3.12. The van der Waals surface area contributed by atoms with Crippen LogP contribution in [0.5, 0.6) is 0 Å². The molecule has 0 bridgehead atoms. The fourth-order valence-electron chi connectivity index (χ4n) is 3.12. The number of hydrazone groups is 1. The summed E-state index contributed by atoms with van der Waals surface area (Å²) in [7, 11) is 0. The quantitative estimate of drug-likeness (QED) is 0.657. The summed E-state index contributed by atoms with van der Waals surface area (Å²) < 4.78 is 0. The molecule has 0 saturated heterocycles. The smallest absolute Gasteiger partial charge is 0.267 e. The van der Waals surface area contributed by atoms with Gasteiger partial charge in [0.25, 0.3) is 5.91 Å². The van der Waals surface area contributed by atoms with Gasteiger partial charge in [-0.05, 0) is 55.7 Å². The van der Waals surface area contributed by atoms with E-state index in [4.69, 9.17) is 0 Å². The van der Waals surface area contributed by atoms with Gasteiger partial charge in [-0.3, -0.25) is 4.79 Å². The van der Waals surface area contributed by atoms with Gasteiger partial charge in [-0.1, -0.05) is 48.5 Å². The van der Waals surface area contributed by atoms with E-state index in [2.05, 4.69) is 40.9 Å². The average molecular weight is 306 g/mol. The standard InChI is InChI=1S/C20H22N2O/c23-20(18-10-5-2-6-11-18)22-21-19-13-7-12-17(14-15-19)16-8-3-1-4-9-16/h1-6,8-11,17H,7,12-15H2,(H,22,23)/b21-19-. The van der Waals surface area contributed by atoms with Crippen molar-refractivity contribution in [1.82, 2.24) is 5.43 Å². The average Bonchev–Trinajstić information content (AvgIpc) is 2.87. The van der Waals surface area contributed by atoms with Crippen LogP contribution in [0.3, 0.4) is 0 Å². The number of benzene rings is 2. The number of carbonyl (C=O) groups is 1. The van der Waals surface area contributed by atoms with E-state index < -0.39 is 0 Å². The van der Waals surface area contributed by atoms with Gasteiger partial charge in [-0.2, -0.15) is 5.10 Å². The maximum atomic E-state index is 12.0. The topological polar surface area (TPSA) is 41.5 Å². The van der Waals surface area contributed by atoms with E-state index in [9.17, 15) is 4.79 Å². The zero-order valence-electron chi connectivity index (χ0n) is 13.2. The molecule has 2 aromatic rings. The first-order valence-electron chi connectivity index (χ1n) is 8.28. The molecule has 1 amide bonds. The predicted molar refractivity (Wildman–Crippen MR) is 93.6 cm³/mol. The second kappa shape index (κ2) is 7.73. The Morgan fingerprint density at radius 2 is 1.61 bits per heavy atom. The van der Waals surface area contributed by atoms with Crippen LogP contribution in [0.25, 0.3) is 0 Å². The number of carbonyl (C=O) groups excluding carboxylic acids is 1. The van der Waals surface area contributed by atoms with Crippen molar-refractivity contribution in [2.45, 2.75) is 38.0 Å². The summed E-state index contributed by atoms with van der Waals surface area (Å²) in [6.07, 6.45) is 5.34. The molecule has 23 heavy (non-hydrogen) atoms. The summed E-state index contributed by atoms with van der Waals surface area (Å²) >= 11 is 0. The van der Waals surface area contributed by atoms with Crippen molar-refractivity contribution in [1.29, 1.82) is 0 Å². The Hall–Kier alpha value is -2.42. The van der Waals surface area contributed by atoms with Crippen molar-refractivity contribution in [3.05, 3.63) is 71.8 Å². The Labute approximate surface area is 137 Å². The summed E-state index contributed by atoms with van der Waals surface area (Å²) in [5.74, 6) is 0.468. The minimum absolute atomic E-state index is 0.137. The summed E-state index contributed by atoms with van der Waals surface area (Å²) in [5, 5.41) is 4.36. The zero-order chi connectivity index (χ0) is 15.9. The van der Waals surface area contributed by atoms with Gasteiger partial charge in [0.2, 0.25) is 0 Å². The van der Waals surface area contributed by atoms with Crippen LogP contribution >= 0.6 is 0 Å². The largest absolute Gasteiger partial charge is 0.271 e. The Bertz CT molecular complexity index is 665. The van der Waals surface area contributed by atoms with E-state index in [1.54, 1.807) is 12.1 Å². The normalized spacial score (nSPS) is 20.0. The minimum atomic E-state index is -0.137. The molecule has 1 fully saturated rings. The third kappa shape index (κ3) is 4.28. The van der Waals surface area contributed by atoms with Gasteiger partial charge in [0.15, 0.2) is 0 Å². The molecule has 1 N–H and O–H groups in total. The Kier molecular flexibility index (Phi) is 5.20. The highest BCUT2D eigenvalue weighted by Gasteiger charge is 2.17.